The van der Waals surface area contributed by atoms with Crippen molar-refractivity contribution in [3.05, 3.63) is 21.9 Å². The second-order valence-corrected chi connectivity index (χ2v) is 7.86. The highest BCUT2D eigenvalue weighted by molar-refractivity contribution is 7.11. The van der Waals surface area contributed by atoms with E-state index in [1.165, 1.54) is 9.75 Å². The Bertz CT molecular complexity index is 614. The fourth-order valence-electron chi connectivity index (χ4n) is 3.92. The second-order valence-electron chi connectivity index (χ2n) is 6.48. The first-order chi connectivity index (χ1) is 10.6. The standard InChI is InChI=1S/C16H21N3O2S/c1-11-4-5-12(22-11)9-17-7-8-19-14(10-17)16(21)18-6-2-3-13(18)15(19)20/h4-5,13-14H,2-3,6-10H2,1H3/t13-,14-/m1/s1. The zero-order chi connectivity index (χ0) is 15.3. The minimum absolute atomic E-state index is 0.161. The molecule has 0 aliphatic carbocycles. The molecule has 0 unspecified atom stereocenters. The highest BCUT2D eigenvalue weighted by Gasteiger charge is 2.49. The van der Waals surface area contributed by atoms with Crippen molar-refractivity contribution in [1.29, 1.82) is 0 Å². The first-order valence-electron chi connectivity index (χ1n) is 8.02. The van der Waals surface area contributed by atoms with Crippen molar-refractivity contribution in [2.24, 2.45) is 0 Å². The molecule has 4 rings (SSSR count). The maximum absolute atomic E-state index is 12.7. The summed E-state index contributed by atoms with van der Waals surface area (Å²) in [5.74, 6) is 0.336. The topological polar surface area (TPSA) is 43.9 Å². The summed E-state index contributed by atoms with van der Waals surface area (Å²) in [5, 5.41) is 0. The van der Waals surface area contributed by atoms with Crippen molar-refractivity contribution in [2.75, 3.05) is 26.2 Å². The fraction of sp³-hybridized carbons (Fsp3) is 0.625. The van der Waals surface area contributed by atoms with E-state index < -0.39 is 0 Å². The van der Waals surface area contributed by atoms with E-state index in [9.17, 15) is 9.59 Å². The summed E-state index contributed by atoms with van der Waals surface area (Å²) < 4.78 is 0. The molecular formula is C16H21N3O2S. The Kier molecular flexibility index (Phi) is 3.46. The number of aryl methyl sites for hydroxylation is 1. The second kappa shape index (κ2) is 5.35. The van der Waals surface area contributed by atoms with Crippen molar-refractivity contribution >= 4 is 23.2 Å². The highest BCUT2D eigenvalue weighted by atomic mass is 32.1. The molecule has 6 heteroatoms. The molecule has 0 bridgehead atoms. The van der Waals surface area contributed by atoms with Crippen LogP contribution < -0.4 is 0 Å². The molecule has 0 saturated carbocycles. The molecule has 3 aliphatic heterocycles. The van der Waals surface area contributed by atoms with Gasteiger partial charge in [-0.05, 0) is 31.9 Å². The minimum atomic E-state index is -0.267. The monoisotopic (exact) mass is 319 g/mol. The number of fused-ring (bicyclic) bond motifs is 2. The Morgan fingerprint density at radius 1 is 1.09 bits per heavy atom. The van der Waals surface area contributed by atoms with Gasteiger partial charge in [0, 0.05) is 42.5 Å². The van der Waals surface area contributed by atoms with Gasteiger partial charge in [0.25, 0.3) is 0 Å². The van der Waals surface area contributed by atoms with E-state index >= 15 is 0 Å². The van der Waals surface area contributed by atoms with Crippen LogP contribution in [0.15, 0.2) is 12.1 Å². The summed E-state index contributed by atoms with van der Waals surface area (Å²) in [7, 11) is 0. The van der Waals surface area contributed by atoms with Gasteiger partial charge in [0.2, 0.25) is 11.8 Å². The molecule has 1 aromatic heterocycles. The number of carbonyl (C=O) groups is 2. The highest BCUT2D eigenvalue weighted by Crippen LogP contribution is 2.29. The molecular weight excluding hydrogens is 298 g/mol. The SMILES string of the molecule is Cc1ccc(CN2CCN3C(=O)[C@H]4CCCN4C(=O)[C@H]3C2)s1. The van der Waals surface area contributed by atoms with Crippen molar-refractivity contribution in [2.45, 2.75) is 38.4 Å². The van der Waals surface area contributed by atoms with E-state index in [-0.39, 0.29) is 23.9 Å². The van der Waals surface area contributed by atoms with Crippen LogP contribution in [0.1, 0.15) is 22.6 Å². The van der Waals surface area contributed by atoms with Gasteiger partial charge in [0.05, 0.1) is 0 Å². The number of nitrogens with zero attached hydrogens (tertiary/aromatic N) is 3. The average Bonchev–Trinajstić information content (AvgIpc) is 3.14. The summed E-state index contributed by atoms with van der Waals surface area (Å²) >= 11 is 1.81. The van der Waals surface area contributed by atoms with E-state index in [2.05, 4.69) is 24.0 Å². The number of amides is 2. The summed E-state index contributed by atoms with van der Waals surface area (Å²) in [6.07, 6.45) is 1.80. The third kappa shape index (κ3) is 2.25. The molecule has 0 radical (unpaired) electrons. The summed E-state index contributed by atoms with van der Waals surface area (Å²) in [6, 6.07) is 3.86. The van der Waals surface area contributed by atoms with E-state index in [0.717, 1.165) is 32.5 Å². The van der Waals surface area contributed by atoms with Crippen LogP contribution in [-0.2, 0) is 16.1 Å². The van der Waals surface area contributed by atoms with Crippen molar-refractivity contribution < 1.29 is 9.59 Å². The van der Waals surface area contributed by atoms with Gasteiger partial charge in [-0.3, -0.25) is 14.5 Å². The smallest absolute Gasteiger partial charge is 0.247 e. The van der Waals surface area contributed by atoms with Gasteiger partial charge in [-0.25, -0.2) is 0 Å². The fourth-order valence-corrected chi connectivity index (χ4v) is 4.85. The van der Waals surface area contributed by atoms with Gasteiger partial charge >= 0.3 is 0 Å². The number of hydrogen-bond acceptors (Lipinski definition) is 4. The molecule has 3 saturated heterocycles. The minimum Gasteiger partial charge on any atom is -0.329 e. The Balaban J connectivity index is 1.49. The van der Waals surface area contributed by atoms with E-state index in [0.29, 0.717) is 13.1 Å². The van der Waals surface area contributed by atoms with Gasteiger partial charge in [-0.1, -0.05) is 0 Å². The lowest BCUT2D eigenvalue weighted by Gasteiger charge is -2.47. The molecule has 1 aromatic rings. The molecule has 118 valence electrons. The average molecular weight is 319 g/mol. The summed E-state index contributed by atoms with van der Waals surface area (Å²) in [6.45, 7) is 5.97. The maximum atomic E-state index is 12.7. The molecule has 3 aliphatic rings. The third-order valence-corrected chi connectivity index (χ3v) is 6.01. The van der Waals surface area contributed by atoms with Crippen molar-refractivity contribution in [3.8, 4) is 0 Å². The lowest BCUT2D eigenvalue weighted by atomic mass is 10.0. The molecule has 0 N–H and O–H groups in total. The summed E-state index contributed by atoms with van der Waals surface area (Å²) in [4.78, 5) is 33.9. The molecule has 2 amide bonds. The molecule has 0 spiro atoms. The number of piperazine rings is 2. The molecule has 0 aromatic carbocycles. The Morgan fingerprint density at radius 2 is 1.86 bits per heavy atom. The molecule has 3 fully saturated rings. The Hall–Kier alpha value is -1.40. The van der Waals surface area contributed by atoms with Crippen LogP contribution in [0, 0.1) is 6.92 Å². The van der Waals surface area contributed by atoms with Gasteiger partial charge in [-0.15, -0.1) is 11.3 Å². The van der Waals surface area contributed by atoms with Crippen LogP contribution in [0.25, 0.3) is 0 Å². The molecule has 4 heterocycles. The van der Waals surface area contributed by atoms with Gasteiger partial charge in [0.1, 0.15) is 12.1 Å². The maximum Gasteiger partial charge on any atom is 0.247 e. The molecule has 2 atom stereocenters. The number of thiophene rings is 1. The predicted molar refractivity (Wildman–Crippen MR) is 84.6 cm³/mol. The lowest BCUT2D eigenvalue weighted by molar-refractivity contribution is -0.163. The molecule has 22 heavy (non-hydrogen) atoms. The van der Waals surface area contributed by atoms with E-state index in [4.69, 9.17) is 0 Å². The Labute approximate surface area is 134 Å². The Morgan fingerprint density at radius 3 is 2.64 bits per heavy atom. The normalized spacial score (nSPS) is 29.0. The first kappa shape index (κ1) is 14.2. The quantitative estimate of drug-likeness (QED) is 0.819. The number of hydrogen-bond donors (Lipinski definition) is 0. The van der Waals surface area contributed by atoms with Crippen LogP contribution in [0.2, 0.25) is 0 Å². The zero-order valence-corrected chi connectivity index (χ0v) is 13.6. The van der Waals surface area contributed by atoms with Crippen LogP contribution in [0.4, 0.5) is 0 Å². The first-order valence-corrected chi connectivity index (χ1v) is 8.84. The van der Waals surface area contributed by atoms with Crippen molar-refractivity contribution in [3.63, 3.8) is 0 Å². The zero-order valence-electron chi connectivity index (χ0n) is 12.8. The van der Waals surface area contributed by atoms with Crippen LogP contribution in [0.3, 0.4) is 0 Å². The van der Waals surface area contributed by atoms with E-state index in [1.54, 1.807) is 0 Å². The number of rotatable bonds is 2. The van der Waals surface area contributed by atoms with Crippen LogP contribution >= 0.6 is 11.3 Å². The van der Waals surface area contributed by atoms with Gasteiger partial charge in [-0.2, -0.15) is 0 Å². The number of carbonyl (C=O) groups excluding carboxylic acids is 2. The van der Waals surface area contributed by atoms with Crippen LogP contribution in [-0.4, -0.2) is 64.8 Å². The van der Waals surface area contributed by atoms with Gasteiger partial charge < -0.3 is 9.80 Å². The summed E-state index contributed by atoms with van der Waals surface area (Å²) in [5.41, 5.74) is 0. The van der Waals surface area contributed by atoms with Gasteiger partial charge in [0.15, 0.2) is 0 Å². The molecule has 5 nitrogen and oxygen atoms in total. The predicted octanol–water partition coefficient (Wildman–Crippen LogP) is 1.07. The van der Waals surface area contributed by atoms with Crippen molar-refractivity contribution in [1.82, 2.24) is 14.7 Å². The van der Waals surface area contributed by atoms with Crippen LogP contribution in [0.5, 0.6) is 0 Å². The largest absolute Gasteiger partial charge is 0.329 e. The third-order valence-electron chi connectivity index (χ3n) is 5.03. The lowest BCUT2D eigenvalue weighted by Crippen LogP contribution is -2.68. The van der Waals surface area contributed by atoms with E-state index in [1.807, 2.05) is 21.1 Å².